The van der Waals surface area contributed by atoms with Gasteiger partial charge in [0, 0.05) is 5.92 Å². The number of carbonyl (C=O) groups is 2. The first kappa shape index (κ1) is 16.8. The van der Waals surface area contributed by atoms with Crippen LogP contribution in [0.2, 0.25) is 0 Å². The monoisotopic (exact) mass is 330 g/mol. The van der Waals surface area contributed by atoms with E-state index in [-0.39, 0.29) is 17.7 Å². The second-order valence-electron chi connectivity index (χ2n) is 7.22. The average Bonchev–Trinajstić information content (AvgIpc) is 3.19. The Morgan fingerprint density at radius 1 is 1.17 bits per heavy atom. The van der Waals surface area contributed by atoms with E-state index in [4.69, 9.17) is 4.74 Å². The van der Waals surface area contributed by atoms with E-state index in [1.807, 2.05) is 32.0 Å². The van der Waals surface area contributed by atoms with Gasteiger partial charge < -0.3 is 4.74 Å². The molecule has 0 spiro atoms. The number of benzene rings is 1. The summed E-state index contributed by atoms with van der Waals surface area (Å²) in [7, 11) is 0. The smallest absolute Gasteiger partial charge is 0.279 e. The van der Waals surface area contributed by atoms with Crippen LogP contribution >= 0.6 is 0 Å². The van der Waals surface area contributed by atoms with Crippen LogP contribution in [0.5, 0.6) is 5.75 Å². The minimum atomic E-state index is -0.675. The maximum absolute atomic E-state index is 12.3. The van der Waals surface area contributed by atoms with Crippen molar-refractivity contribution in [3.05, 3.63) is 29.3 Å². The minimum Gasteiger partial charge on any atom is -0.481 e. The molecule has 2 fully saturated rings. The molecule has 2 aliphatic carbocycles. The molecule has 2 N–H and O–H groups in total. The Balaban J connectivity index is 1.49. The fourth-order valence-corrected chi connectivity index (χ4v) is 3.98. The highest BCUT2D eigenvalue weighted by atomic mass is 16.5. The van der Waals surface area contributed by atoms with Gasteiger partial charge in [-0.2, -0.15) is 0 Å². The van der Waals surface area contributed by atoms with Gasteiger partial charge in [-0.1, -0.05) is 18.6 Å². The van der Waals surface area contributed by atoms with Crippen LogP contribution in [0.15, 0.2) is 18.2 Å². The molecule has 2 aliphatic rings. The van der Waals surface area contributed by atoms with Crippen LogP contribution in [-0.2, 0) is 9.59 Å². The number of amides is 2. The molecule has 1 aromatic carbocycles. The molecule has 4 atom stereocenters. The van der Waals surface area contributed by atoms with Crippen molar-refractivity contribution in [2.45, 2.75) is 52.6 Å². The molecule has 0 radical (unpaired) electrons. The molecule has 24 heavy (non-hydrogen) atoms. The van der Waals surface area contributed by atoms with Gasteiger partial charge in [0.2, 0.25) is 5.91 Å². The van der Waals surface area contributed by atoms with Gasteiger partial charge in [-0.25, -0.2) is 0 Å². The lowest BCUT2D eigenvalue weighted by molar-refractivity contribution is -0.135. The zero-order chi connectivity index (χ0) is 17.3. The van der Waals surface area contributed by atoms with Crippen LogP contribution in [0.4, 0.5) is 0 Å². The summed E-state index contributed by atoms with van der Waals surface area (Å²) in [6, 6.07) is 5.75. The summed E-state index contributed by atoms with van der Waals surface area (Å²) in [5, 5.41) is 0. The molecule has 1 aromatic rings. The minimum absolute atomic E-state index is 0.0549. The van der Waals surface area contributed by atoms with Crippen molar-refractivity contribution >= 4 is 11.8 Å². The lowest BCUT2D eigenvalue weighted by Crippen LogP contribution is -2.49. The van der Waals surface area contributed by atoms with Gasteiger partial charge in [-0.3, -0.25) is 20.4 Å². The normalized spacial score (nSPS) is 26.0. The molecular formula is C19H26N2O3. The van der Waals surface area contributed by atoms with Crippen molar-refractivity contribution in [2.75, 3.05) is 0 Å². The Labute approximate surface area is 143 Å². The number of ether oxygens (including phenoxy) is 1. The van der Waals surface area contributed by atoms with E-state index in [0.29, 0.717) is 17.6 Å². The second-order valence-corrected chi connectivity index (χ2v) is 7.22. The molecule has 2 amide bonds. The predicted octanol–water partition coefficient (Wildman–Crippen LogP) is 2.65. The third kappa shape index (κ3) is 3.40. The highest BCUT2D eigenvalue weighted by molar-refractivity contribution is 5.85. The van der Waals surface area contributed by atoms with Crippen LogP contribution in [0.3, 0.4) is 0 Å². The molecule has 4 unspecified atom stereocenters. The summed E-state index contributed by atoms with van der Waals surface area (Å²) < 4.78 is 5.73. The number of aryl methyl sites for hydroxylation is 1. The van der Waals surface area contributed by atoms with Crippen molar-refractivity contribution in [3.8, 4) is 5.75 Å². The zero-order valence-corrected chi connectivity index (χ0v) is 14.6. The largest absolute Gasteiger partial charge is 0.481 e. The Morgan fingerprint density at radius 3 is 2.62 bits per heavy atom. The van der Waals surface area contributed by atoms with Crippen LogP contribution in [0, 0.1) is 31.6 Å². The van der Waals surface area contributed by atoms with Crippen molar-refractivity contribution in [1.29, 1.82) is 0 Å². The third-order valence-electron chi connectivity index (χ3n) is 5.61. The summed E-state index contributed by atoms with van der Waals surface area (Å²) >= 11 is 0. The zero-order valence-electron chi connectivity index (χ0n) is 14.6. The van der Waals surface area contributed by atoms with Crippen LogP contribution in [-0.4, -0.2) is 17.9 Å². The first-order chi connectivity index (χ1) is 11.5. The van der Waals surface area contributed by atoms with Crippen LogP contribution < -0.4 is 15.6 Å². The standard InChI is InChI=1S/C19H26N2O3/c1-11-5-4-6-17(12(11)2)24-13(3)18(22)20-21-19(23)16-10-14-7-8-15(16)9-14/h4-6,13-16H,7-10H2,1-3H3,(H,20,22)(H,21,23). The SMILES string of the molecule is Cc1cccc(OC(C)C(=O)NNC(=O)C2CC3CCC2C3)c1C. The van der Waals surface area contributed by atoms with E-state index < -0.39 is 6.10 Å². The van der Waals surface area contributed by atoms with Crippen molar-refractivity contribution < 1.29 is 14.3 Å². The first-order valence-corrected chi connectivity index (χ1v) is 8.78. The summed E-state index contributed by atoms with van der Waals surface area (Å²) in [6.45, 7) is 5.65. The molecule has 3 rings (SSSR count). The van der Waals surface area contributed by atoms with Crippen molar-refractivity contribution in [3.63, 3.8) is 0 Å². The second kappa shape index (κ2) is 6.83. The number of fused-ring (bicyclic) bond motifs is 2. The molecule has 0 saturated heterocycles. The maximum Gasteiger partial charge on any atom is 0.279 e. The number of hydrogen-bond donors (Lipinski definition) is 2. The van der Waals surface area contributed by atoms with Gasteiger partial charge >= 0.3 is 0 Å². The summed E-state index contributed by atoms with van der Waals surface area (Å²) in [5.41, 5.74) is 7.23. The molecule has 5 nitrogen and oxygen atoms in total. The van der Waals surface area contributed by atoms with Crippen LogP contribution in [0.25, 0.3) is 0 Å². The summed E-state index contributed by atoms with van der Waals surface area (Å²) in [5.74, 6) is 1.54. The number of carbonyl (C=O) groups excluding carboxylic acids is 2. The van der Waals surface area contributed by atoms with Crippen LogP contribution in [0.1, 0.15) is 43.7 Å². The Morgan fingerprint density at radius 2 is 1.96 bits per heavy atom. The highest BCUT2D eigenvalue weighted by Crippen LogP contribution is 2.48. The van der Waals surface area contributed by atoms with Gasteiger partial charge in [0.15, 0.2) is 6.10 Å². The van der Waals surface area contributed by atoms with Crippen molar-refractivity contribution in [2.24, 2.45) is 17.8 Å². The Kier molecular flexibility index (Phi) is 4.78. The van der Waals surface area contributed by atoms with Gasteiger partial charge in [0.05, 0.1) is 0 Å². The quantitative estimate of drug-likeness (QED) is 0.834. The van der Waals surface area contributed by atoms with E-state index >= 15 is 0 Å². The number of hydrazine groups is 1. The van der Waals surface area contributed by atoms with Gasteiger partial charge in [-0.15, -0.1) is 0 Å². The molecule has 2 saturated carbocycles. The van der Waals surface area contributed by atoms with E-state index in [9.17, 15) is 9.59 Å². The van der Waals surface area contributed by atoms with Gasteiger partial charge in [-0.05, 0) is 69.1 Å². The molecule has 0 aromatic heterocycles. The Hall–Kier alpha value is -2.04. The van der Waals surface area contributed by atoms with Crippen molar-refractivity contribution in [1.82, 2.24) is 10.9 Å². The third-order valence-corrected chi connectivity index (χ3v) is 5.61. The molecular weight excluding hydrogens is 304 g/mol. The van der Waals surface area contributed by atoms with E-state index in [1.165, 1.54) is 6.42 Å². The highest BCUT2D eigenvalue weighted by Gasteiger charge is 2.43. The topological polar surface area (TPSA) is 67.4 Å². The molecule has 2 bridgehead atoms. The molecule has 130 valence electrons. The first-order valence-electron chi connectivity index (χ1n) is 8.78. The number of nitrogens with one attached hydrogen (secondary N) is 2. The summed E-state index contributed by atoms with van der Waals surface area (Å²) in [6.07, 6.45) is 3.84. The number of rotatable bonds is 4. The fraction of sp³-hybridized carbons (Fsp3) is 0.579. The molecule has 0 heterocycles. The van der Waals surface area contributed by atoms with Gasteiger partial charge in [0.25, 0.3) is 5.91 Å². The average molecular weight is 330 g/mol. The summed E-state index contributed by atoms with van der Waals surface area (Å²) in [4.78, 5) is 24.4. The van der Waals surface area contributed by atoms with E-state index in [0.717, 1.165) is 30.4 Å². The molecule has 5 heteroatoms. The predicted molar refractivity (Wildman–Crippen MR) is 91.2 cm³/mol. The fourth-order valence-electron chi connectivity index (χ4n) is 3.98. The van der Waals surface area contributed by atoms with E-state index in [1.54, 1.807) is 6.92 Å². The van der Waals surface area contributed by atoms with E-state index in [2.05, 4.69) is 10.9 Å². The van der Waals surface area contributed by atoms with Gasteiger partial charge in [0.1, 0.15) is 5.75 Å². The lowest BCUT2D eigenvalue weighted by Gasteiger charge is -2.22. The molecule has 0 aliphatic heterocycles. The lowest BCUT2D eigenvalue weighted by atomic mass is 9.88. The number of hydrogen-bond acceptors (Lipinski definition) is 3. The maximum atomic E-state index is 12.3. The Bertz CT molecular complexity index is 643.